The molecule has 0 radical (unpaired) electrons. The first kappa shape index (κ1) is 14.7. The van der Waals surface area contributed by atoms with Gasteiger partial charge in [0.15, 0.2) is 5.69 Å². The molecule has 0 spiro atoms. The van der Waals surface area contributed by atoms with Crippen LogP contribution in [-0.2, 0) is 4.74 Å². The first-order chi connectivity index (χ1) is 10.0. The number of hydrogen-bond acceptors (Lipinski definition) is 6. The number of aromatic nitrogens is 1. The van der Waals surface area contributed by atoms with Crippen LogP contribution in [0, 0.1) is 10.1 Å². The minimum atomic E-state index is -0.688. The molecule has 0 saturated carbocycles. The van der Waals surface area contributed by atoms with E-state index in [1.807, 2.05) is 0 Å². The van der Waals surface area contributed by atoms with Gasteiger partial charge in [0.2, 0.25) is 5.82 Å². The van der Waals surface area contributed by atoms with E-state index in [9.17, 15) is 14.9 Å². The average Bonchev–Trinajstić information content (AvgIpc) is 2.48. The normalized spacial score (nSPS) is 10.0. The molecular formula is C13H10ClN3O4. The number of pyridine rings is 1. The van der Waals surface area contributed by atoms with Crippen LogP contribution < -0.4 is 5.32 Å². The van der Waals surface area contributed by atoms with Crippen LogP contribution in [0.2, 0.25) is 5.02 Å². The molecule has 0 fully saturated rings. The van der Waals surface area contributed by atoms with Crippen molar-refractivity contribution in [3.05, 3.63) is 57.2 Å². The highest BCUT2D eigenvalue weighted by atomic mass is 35.5. The van der Waals surface area contributed by atoms with Crippen molar-refractivity contribution in [2.45, 2.75) is 0 Å². The molecule has 0 aliphatic rings. The second-order valence-electron chi connectivity index (χ2n) is 3.92. The third-order valence-electron chi connectivity index (χ3n) is 2.59. The number of rotatable bonds is 4. The van der Waals surface area contributed by atoms with Gasteiger partial charge in [-0.3, -0.25) is 10.1 Å². The van der Waals surface area contributed by atoms with Crippen LogP contribution in [0.4, 0.5) is 17.2 Å². The number of carbonyl (C=O) groups is 1. The lowest BCUT2D eigenvalue weighted by Gasteiger charge is -2.08. The van der Waals surface area contributed by atoms with Gasteiger partial charge in [0.25, 0.3) is 0 Å². The lowest BCUT2D eigenvalue weighted by atomic mass is 10.3. The van der Waals surface area contributed by atoms with Crippen molar-refractivity contribution in [2.75, 3.05) is 12.4 Å². The van der Waals surface area contributed by atoms with Crippen LogP contribution in [0.15, 0.2) is 36.4 Å². The summed E-state index contributed by atoms with van der Waals surface area (Å²) in [4.78, 5) is 25.8. The molecule has 0 bridgehead atoms. The lowest BCUT2D eigenvalue weighted by molar-refractivity contribution is -0.384. The minimum Gasteiger partial charge on any atom is -0.464 e. The number of hydrogen-bond donors (Lipinski definition) is 1. The molecule has 0 aliphatic heterocycles. The van der Waals surface area contributed by atoms with Crippen molar-refractivity contribution in [3.63, 3.8) is 0 Å². The molecule has 0 aliphatic carbocycles. The van der Waals surface area contributed by atoms with Gasteiger partial charge >= 0.3 is 11.7 Å². The zero-order valence-electron chi connectivity index (χ0n) is 10.9. The summed E-state index contributed by atoms with van der Waals surface area (Å²) in [7, 11) is 1.20. The van der Waals surface area contributed by atoms with E-state index >= 15 is 0 Å². The van der Waals surface area contributed by atoms with Gasteiger partial charge in [-0.15, -0.1) is 0 Å². The van der Waals surface area contributed by atoms with Crippen LogP contribution >= 0.6 is 11.6 Å². The highest BCUT2D eigenvalue weighted by molar-refractivity contribution is 6.33. The van der Waals surface area contributed by atoms with Crippen LogP contribution in [0.5, 0.6) is 0 Å². The van der Waals surface area contributed by atoms with E-state index in [0.29, 0.717) is 10.7 Å². The number of nitrogens with one attached hydrogen (secondary N) is 1. The summed E-state index contributed by atoms with van der Waals surface area (Å²) in [6.07, 6.45) is 0. The van der Waals surface area contributed by atoms with E-state index in [-0.39, 0.29) is 17.2 Å². The van der Waals surface area contributed by atoms with Crippen LogP contribution in [0.1, 0.15) is 10.5 Å². The van der Waals surface area contributed by atoms with Crippen LogP contribution in [0.3, 0.4) is 0 Å². The number of benzene rings is 1. The first-order valence-corrected chi connectivity index (χ1v) is 6.16. The summed E-state index contributed by atoms with van der Waals surface area (Å²) < 4.78 is 4.54. The Hall–Kier alpha value is -2.67. The number of halogens is 1. The number of carbonyl (C=O) groups excluding carboxylic acids is 1. The topological polar surface area (TPSA) is 94.4 Å². The maximum Gasteiger partial charge on any atom is 0.356 e. The van der Waals surface area contributed by atoms with E-state index in [4.69, 9.17) is 11.6 Å². The SMILES string of the molecule is COC(=O)c1ccc([N+](=O)[O-])c(Nc2ccccc2Cl)n1. The summed E-state index contributed by atoms with van der Waals surface area (Å²) in [6.45, 7) is 0. The van der Waals surface area contributed by atoms with Gasteiger partial charge in [0.05, 0.1) is 22.7 Å². The molecule has 1 aromatic carbocycles. The number of ether oxygens (including phenoxy) is 1. The second-order valence-corrected chi connectivity index (χ2v) is 4.32. The van der Waals surface area contributed by atoms with Gasteiger partial charge in [-0.25, -0.2) is 9.78 Å². The first-order valence-electron chi connectivity index (χ1n) is 5.78. The molecule has 0 unspecified atom stereocenters. The Morgan fingerprint density at radius 2 is 2.05 bits per heavy atom. The molecule has 2 aromatic rings. The van der Waals surface area contributed by atoms with Crippen LogP contribution in [-0.4, -0.2) is 23.0 Å². The van der Waals surface area contributed by atoms with Crippen molar-refractivity contribution >= 4 is 34.8 Å². The molecule has 1 aromatic heterocycles. The molecule has 1 N–H and O–H groups in total. The van der Waals surface area contributed by atoms with Gasteiger partial charge in [-0.2, -0.15) is 0 Å². The summed E-state index contributed by atoms with van der Waals surface area (Å²) in [6, 6.07) is 9.10. The Morgan fingerprint density at radius 3 is 2.67 bits per heavy atom. The summed E-state index contributed by atoms with van der Waals surface area (Å²) >= 11 is 5.98. The van der Waals surface area contributed by atoms with Gasteiger partial charge < -0.3 is 10.1 Å². The maximum atomic E-state index is 11.5. The lowest BCUT2D eigenvalue weighted by Crippen LogP contribution is -2.08. The summed E-state index contributed by atoms with van der Waals surface area (Å²) in [5.41, 5.74) is 0.122. The maximum absolute atomic E-state index is 11.5. The van der Waals surface area contributed by atoms with E-state index in [1.165, 1.54) is 19.2 Å². The van der Waals surface area contributed by atoms with E-state index in [1.54, 1.807) is 24.3 Å². The Morgan fingerprint density at radius 1 is 1.33 bits per heavy atom. The minimum absolute atomic E-state index is 0.0438. The highest BCUT2D eigenvalue weighted by Gasteiger charge is 2.19. The molecule has 2 rings (SSSR count). The fourth-order valence-electron chi connectivity index (χ4n) is 1.60. The molecule has 108 valence electrons. The number of esters is 1. The summed E-state index contributed by atoms with van der Waals surface area (Å²) in [5, 5.41) is 14.1. The zero-order chi connectivity index (χ0) is 15.4. The Balaban J connectivity index is 2.46. The Kier molecular flexibility index (Phi) is 4.34. The predicted octanol–water partition coefficient (Wildman–Crippen LogP) is 3.17. The quantitative estimate of drug-likeness (QED) is 0.529. The van der Waals surface area contributed by atoms with Gasteiger partial charge in [-0.05, 0) is 18.2 Å². The average molecular weight is 308 g/mol. The molecule has 21 heavy (non-hydrogen) atoms. The van der Waals surface area contributed by atoms with Gasteiger partial charge in [0, 0.05) is 6.07 Å². The van der Waals surface area contributed by atoms with Crippen molar-refractivity contribution in [3.8, 4) is 0 Å². The molecule has 1 heterocycles. The predicted molar refractivity (Wildman–Crippen MR) is 77.0 cm³/mol. The standard InChI is InChI=1S/C13H10ClN3O4/c1-21-13(18)10-6-7-11(17(19)20)12(16-10)15-9-5-3-2-4-8(9)14/h2-7H,1H3,(H,15,16). The number of para-hydroxylation sites is 1. The van der Waals surface area contributed by atoms with Crippen LogP contribution in [0.25, 0.3) is 0 Å². The molecular weight excluding hydrogens is 298 g/mol. The smallest absolute Gasteiger partial charge is 0.356 e. The fourth-order valence-corrected chi connectivity index (χ4v) is 1.78. The fraction of sp³-hybridized carbons (Fsp3) is 0.0769. The molecule has 0 amide bonds. The molecule has 8 heteroatoms. The van der Waals surface area contributed by atoms with Gasteiger partial charge in [0.1, 0.15) is 0 Å². The van der Waals surface area contributed by atoms with E-state index < -0.39 is 10.9 Å². The Bertz CT molecular complexity index is 706. The number of nitrogens with zero attached hydrogens (tertiary/aromatic N) is 2. The summed E-state index contributed by atoms with van der Waals surface area (Å²) in [5.74, 6) is -0.775. The number of anilines is 2. The van der Waals surface area contributed by atoms with Crippen molar-refractivity contribution < 1.29 is 14.5 Å². The zero-order valence-corrected chi connectivity index (χ0v) is 11.6. The Labute approximate surface area is 124 Å². The molecule has 0 atom stereocenters. The third-order valence-corrected chi connectivity index (χ3v) is 2.92. The van der Waals surface area contributed by atoms with Crippen molar-refractivity contribution in [2.24, 2.45) is 0 Å². The number of nitro groups is 1. The highest BCUT2D eigenvalue weighted by Crippen LogP contribution is 2.29. The number of methoxy groups -OCH3 is 1. The molecule has 7 nitrogen and oxygen atoms in total. The monoisotopic (exact) mass is 307 g/mol. The largest absolute Gasteiger partial charge is 0.464 e. The van der Waals surface area contributed by atoms with Crippen molar-refractivity contribution in [1.29, 1.82) is 0 Å². The second kappa shape index (κ2) is 6.19. The van der Waals surface area contributed by atoms with Gasteiger partial charge in [-0.1, -0.05) is 23.7 Å². The molecule has 0 saturated heterocycles. The van der Waals surface area contributed by atoms with E-state index in [0.717, 1.165) is 0 Å². The van der Waals surface area contributed by atoms with E-state index in [2.05, 4.69) is 15.0 Å². The third kappa shape index (κ3) is 3.26. The van der Waals surface area contributed by atoms with Crippen molar-refractivity contribution in [1.82, 2.24) is 4.98 Å².